The number of aliphatic hydroxyl groups excluding tert-OH is 1. The monoisotopic (exact) mass is 318 g/mol. The zero-order valence-electron chi connectivity index (χ0n) is 14.2. The highest BCUT2D eigenvalue weighted by molar-refractivity contribution is 5.86. The number of amides is 2. The van der Waals surface area contributed by atoms with Crippen molar-refractivity contribution in [2.45, 2.75) is 33.3 Å². The Morgan fingerprint density at radius 1 is 1.22 bits per heavy atom. The van der Waals surface area contributed by atoms with Crippen LogP contribution < -0.4 is 0 Å². The van der Waals surface area contributed by atoms with E-state index in [0.29, 0.717) is 6.54 Å². The van der Waals surface area contributed by atoms with Crippen LogP contribution in [0.3, 0.4) is 0 Å². The van der Waals surface area contributed by atoms with Crippen molar-refractivity contribution in [1.82, 2.24) is 9.80 Å². The van der Waals surface area contributed by atoms with E-state index in [1.807, 2.05) is 30.3 Å². The molecule has 1 atom stereocenters. The molecule has 1 aromatic rings. The first-order chi connectivity index (χ1) is 10.7. The molecule has 5 heteroatoms. The second kappa shape index (κ2) is 7.13. The lowest BCUT2D eigenvalue weighted by molar-refractivity contribution is -0.138. The number of nitrogens with zero attached hydrogens (tertiary/aromatic N) is 2. The van der Waals surface area contributed by atoms with Gasteiger partial charge >= 0.3 is 0 Å². The molecule has 126 valence electrons. The summed E-state index contributed by atoms with van der Waals surface area (Å²) in [6.07, 6.45) is -0.455. The van der Waals surface area contributed by atoms with Gasteiger partial charge in [0, 0.05) is 19.6 Å². The number of carbonyl (C=O) groups excluding carboxylic acids is 2. The molecule has 1 aliphatic rings. The molecule has 0 bridgehead atoms. The Kier molecular flexibility index (Phi) is 5.42. The molecule has 0 saturated carbocycles. The largest absolute Gasteiger partial charge is 0.389 e. The van der Waals surface area contributed by atoms with E-state index in [9.17, 15) is 14.7 Å². The second-order valence-corrected chi connectivity index (χ2v) is 7.43. The maximum Gasteiger partial charge on any atom is 0.242 e. The van der Waals surface area contributed by atoms with E-state index in [2.05, 4.69) is 20.8 Å². The van der Waals surface area contributed by atoms with Crippen molar-refractivity contribution in [2.24, 2.45) is 5.41 Å². The highest BCUT2D eigenvalue weighted by Gasteiger charge is 2.31. The Bertz CT molecular complexity index is 551. The zero-order valence-corrected chi connectivity index (χ0v) is 14.2. The van der Waals surface area contributed by atoms with Crippen LogP contribution in [0.2, 0.25) is 0 Å². The van der Waals surface area contributed by atoms with Gasteiger partial charge in [-0.15, -0.1) is 0 Å². The second-order valence-electron chi connectivity index (χ2n) is 7.43. The molecule has 5 nitrogen and oxygen atoms in total. The lowest BCUT2D eigenvalue weighted by atomic mass is 9.96. The Labute approximate surface area is 137 Å². The first-order valence-corrected chi connectivity index (χ1v) is 8.02. The fraction of sp³-hybridized carbons (Fsp3) is 0.556. The summed E-state index contributed by atoms with van der Waals surface area (Å²) in [4.78, 5) is 28.0. The van der Waals surface area contributed by atoms with E-state index in [4.69, 9.17) is 0 Å². The molecule has 1 unspecified atom stereocenters. The normalized spacial score (nSPS) is 19.7. The Hall–Kier alpha value is -1.88. The topological polar surface area (TPSA) is 60.9 Å². The molecule has 1 N–H and O–H groups in total. The Morgan fingerprint density at radius 3 is 2.48 bits per heavy atom. The van der Waals surface area contributed by atoms with Crippen LogP contribution in [0.5, 0.6) is 0 Å². The van der Waals surface area contributed by atoms with Gasteiger partial charge in [0.25, 0.3) is 0 Å². The Balaban J connectivity index is 2.04. The van der Waals surface area contributed by atoms with Gasteiger partial charge in [0.15, 0.2) is 0 Å². The van der Waals surface area contributed by atoms with Crippen molar-refractivity contribution in [3.05, 3.63) is 35.9 Å². The predicted octanol–water partition coefficient (Wildman–Crippen LogP) is 1.31. The van der Waals surface area contributed by atoms with Gasteiger partial charge in [0.1, 0.15) is 0 Å². The molecule has 1 aliphatic heterocycles. The SMILES string of the molecule is CC(C)(C)CN1CC(O)CN(C(=O)Cc2ccccc2)CC1=O. The molecule has 1 fully saturated rings. The molecular formula is C18H26N2O3. The molecule has 0 spiro atoms. The molecule has 1 saturated heterocycles. The van der Waals surface area contributed by atoms with Gasteiger partial charge in [-0.05, 0) is 11.0 Å². The van der Waals surface area contributed by atoms with Crippen LogP contribution in [0.15, 0.2) is 30.3 Å². The van der Waals surface area contributed by atoms with Crippen LogP contribution >= 0.6 is 0 Å². The number of β-amino-alcohol motifs (C(OH)–C–C–N with tert-alkyl or cyclic N) is 1. The molecule has 23 heavy (non-hydrogen) atoms. The number of rotatable bonds is 3. The molecule has 0 aliphatic carbocycles. The fourth-order valence-electron chi connectivity index (χ4n) is 2.79. The van der Waals surface area contributed by atoms with Gasteiger partial charge in [-0.3, -0.25) is 9.59 Å². The van der Waals surface area contributed by atoms with Gasteiger partial charge < -0.3 is 14.9 Å². The van der Waals surface area contributed by atoms with Crippen LogP contribution in [0.4, 0.5) is 0 Å². The molecule has 1 aromatic carbocycles. The summed E-state index contributed by atoms with van der Waals surface area (Å²) in [6, 6.07) is 9.45. The number of carbonyl (C=O) groups is 2. The summed E-state index contributed by atoms with van der Waals surface area (Å²) in [7, 11) is 0. The minimum Gasteiger partial charge on any atom is -0.389 e. The van der Waals surface area contributed by atoms with Crippen LogP contribution in [-0.4, -0.2) is 59.0 Å². The molecule has 2 rings (SSSR count). The van der Waals surface area contributed by atoms with E-state index in [-0.39, 0.29) is 43.3 Å². The van der Waals surface area contributed by atoms with E-state index in [0.717, 1.165) is 5.56 Å². The Morgan fingerprint density at radius 2 is 1.87 bits per heavy atom. The maximum absolute atomic E-state index is 12.4. The van der Waals surface area contributed by atoms with Crippen LogP contribution in [0.1, 0.15) is 26.3 Å². The van der Waals surface area contributed by atoms with Gasteiger partial charge in [-0.2, -0.15) is 0 Å². The summed E-state index contributed by atoms with van der Waals surface area (Å²) in [6.45, 7) is 7.26. The third kappa shape index (κ3) is 5.36. The lowest BCUT2D eigenvalue weighted by Crippen LogP contribution is -2.42. The van der Waals surface area contributed by atoms with Crippen LogP contribution in [-0.2, 0) is 16.0 Å². The minimum atomic E-state index is -0.705. The van der Waals surface area contributed by atoms with Gasteiger partial charge in [0.2, 0.25) is 11.8 Å². The van der Waals surface area contributed by atoms with Gasteiger partial charge in [0.05, 0.1) is 19.1 Å². The van der Waals surface area contributed by atoms with Crippen molar-refractivity contribution < 1.29 is 14.7 Å². The molecule has 0 radical (unpaired) electrons. The molecular weight excluding hydrogens is 292 g/mol. The van der Waals surface area contributed by atoms with E-state index in [1.54, 1.807) is 4.90 Å². The average Bonchev–Trinajstić information content (AvgIpc) is 2.58. The van der Waals surface area contributed by atoms with Crippen molar-refractivity contribution in [3.63, 3.8) is 0 Å². The van der Waals surface area contributed by atoms with Crippen LogP contribution in [0.25, 0.3) is 0 Å². The lowest BCUT2D eigenvalue weighted by Gasteiger charge is -2.29. The molecule has 0 aromatic heterocycles. The van der Waals surface area contributed by atoms with Crippen molar-refractivity contribution >= 4 is 11.8 Å². The third-order valence-electron chi connectivity index (χ3n) is 3.76. The van der Waals surface area contributed by atoms with Crippen molar-refractivity contribution in [2.75, 3.05) is 26.2 Å². The molecule has 2 amide bonds. The summed E-state index contributed by atoms with van der Waals surface area (Å²) >= 11 is 0. The highest BCUT2D eigenvalue weighted by Crippen LogP contribution is 2.17. The smallest absolute Gasteiger partial charge is 0.242 e. The highest BCUT2D eigenvalue weighted by atomic mass is 16.3. The van der Waals surface area contributed by atoms with Crippen molar-refractivity contribution in [1.29, 1.82) is 0 Å². The van der Waals surface area contributed by atoms with E-state index in [1.165, 1.54) is 4.90 Å². The number of hydrogen-bond acceptors (Lipinski definition) is 3. The van der Waals surface area contributed by atoms with E-state index < -0.39 is 6.10 Å². The fourth-order valence-corrected chi connectivity index (χ4v) is 2.79. The quantitative estimate of drug-likeness (QED) is 0.914. The summed E-state index contributed by atoms with van der Waals surface area (Å²) in [5, 5.41) is 10.2. The first-order valence-electron chi connectivity index (χ1n) is 8.02. The van der Waals surface area contributed by atoms with Crippen molar-refractivity contribution in [3.8, 4) is 0 Å². The summed E-state index contributed by atoms with van der Waals surface area (Å²) < 4.78 is 0. The summed E-state index contributed by atoms with van der Waals surface area (Å²) in [5.41, 5.74) is 0.869. The summed E-state index contributed by atoms with van der Waals surface area (Å²) in [5.74, 6) is -0.223. The number of benzene rings is 1. The standard InChI is InChI=1S/C18H26N2O3/c1-18(2,3)13-20-11-15(21)10-19(12-17(20)23)16(22)9-14-7-5-4-6-8-14/h4-8,15,21H,9-13H2,1-3H3. The van der Waals surface area contributed by atoms with E-state index >= 15 is 0 Å². The van der Waals surface area contributed by atoms with Gasteiger partial charge in [-0.25, -0.2) is 0 Å². The predicted molar refractivity (Wildman–Crippen MR) is 88.8 cm³/mol. The molecule has 1 heterocycles. The minimum absolute atomic E-state index is 0.0405. The number of hydrogen-bond donors (Lipinski definition) is 1. The average molecular weight is 318 g/mol. The number of aliphatic hydroxyl groups is 1. The van der Waals surface area contributed by atoms with Crippen LogP contribution in [0, 0.1) is 5.41 Å². The maximum atomic E-state index is 12.4. The zero-order chi connectivity index (χ0) is 17.0. The third-order valence-corrected chi connectivity index (χ3v) is 3.76. The first kappa shape index (κ1) is 17.5. The van der Waals surface area contributed by atoms with Gasteiger partial charge in [-0.1, -0.05) is 51.1 Å².